The first-order valence-corrected chi connectivity index (χ1v) is 4.32. The molecule has 0 amide bonds. The molecule has 15 heavy (non-hydrogen) atoms. The average molecular weight is 205 g/mol. The van der Waals surface area contributed by atoms with Gasteiger partial charge in [-0.3, -0.25) is 0 Å². The lowest BCUT2D eigenvalue weighted by Gasteiger charge is -2.06. The number of carbonyl (C=O) groups excluding carboxylic acids is 1. The second-order valence-electron chi connectivity index (χ2n) is 2.83. The Morgan fingerprint density at radius 1 is 1.60 bits per heavy atom. The van der Waals surface area contributed by atoms with E-state index in [4.69, 9.17) is 6.42 Å². The Kier molecular flexibility index (Phi) is 3.63. The van der Waals surface area contributed by atoms with Crippen molar-refractivity contribution < 1.29 is 9.53 Å². The number of aromatic nitrogens is 2. The molecule has 1 unspecified atom stereocenters. The van der Waals surface area contributed by atoms with Gasteiger partial charge in [0.25, 0.3) is 0 Å². The summed E-state index contributed by atoms with van der Waals surface area (Å²) in [5.41, 5.74) is 0.163. The van der Waals surface area contributed by atoms with Crippen molar-refractivity contribution in [2.75, 3.05) is 12.4 Å². The zero-order chi connectivity index (χ0) is 11.3. The molecule has 0 aliphatic carbocycles. The SMILES string of the molecule is C#CC(C)Nc1ccc(C(=O)OC)nn1. The van der Waals surface area contributed by atoms with Crippen LogP contribution in [0.1, 0.15) is 17.4 Å². The Hall–Kier alpha value is -2.09. The molecule has 78 valence electrons. The predicted molar refractivity (Wildman–Crippen MR) is 55.3 cm³/mol. The van der Waals surface area contributed by atoms with Gasteiger partial charge in [-0.25, -0.2) is 4.79 Å². The fraction of sp³-hybridized carbons (Fsp3) is 0.300. The molecule has 0 aliphatic rings. The Labute approximate surface area is 87.9 Å². The highest BCUT2D eigenvalue weighted by Gasteiger charge is 2.07. The summed E-state index contributed by atoms with van der Waals surface area (Å²) in [6.45, 7) is 1.82. The molecule has 5 nitrogen and oxygen atoms in total. The van der Waals surface area contributed by atoms with E-state index in [0.29, 0.717) is 5.82 Å². The van der Waals surface area contributed by atoms with Crippen molar-refractivity contribution in [3.05, 3.63) is 17.8 Å². The van der Waals surface area contributed by atoms with Crippen LogP contribution in [0.15, 0.2) is 12.1 Å². The zero-order valence-electron chi connectivity index (χ0n) is 8.52. The van der Waals surface area contributed by atoms with Crippen LogP contribution in [0, 0.1) is 12.3 Å². The Balaban J connectivity index is 2.73. The number of nitrogens with one attached hydrogen (secondary N) is 1. The maximum atomic E-state index is 11.0. The molecule has 0 aliphatic heterocycles. The van der Waals surface area contributed by atoms with Crippen LogP contribution >= 0.6 is 0 Å². The molecule has 0 saturated carbocycles. The van der Waals surface area contributed by atoms with Crippen LogP contribution in [0.5, 0.6) is 0 Å². The number of hydrogen-bond acceptors (Lipinski definition) is 5. The summed E-state index contributed by atoms with van der Waals surface area (Å²) < 4.78 is 4.48. The van der Waals surface area contributed by atoms with Crippen molar-refractivity contribution in [3.8, 4) is 12.3 Å². The van der Waals surface area contributed by atoms with Crippen molar-refractivity contribution in [3.63, 3.8) is 0 Å². The number of terminal acetylenes is 1. The number of hydrogen-bond donors (Lipinski definition) is 1. The lowest BCUT2D eigenvalue weighted by molar-refractivity contribution is 0.0593. The molecule has 1 N–H and O–H groups in total. The summed E-state index contributed by atoms with van der Waals surface area (Å²) in [6, 6.07) is 3.00. The largest absolute Gasteiger partial charge is 0.464 e. The minimum atomic E-state index is -0.515. The minimum Gasteiger partial charge on any atom is -0.464 e. The summed E-state index contributed by atoms with van der Waals surface area (Å²) >= 11 is 0. The number of rotatable bonds is 3. The van der Waals surface area contributed by atoms with E-state index in [0.717, 1.165) is 0 Å². The van der Waals surface area contributed by atoms with Gasteiger partial charge >= 0.3 is 5.97 Å². The van der Waals surface area contributed by atoms with Gasteiger partial charge in [0.2, 0.25) is 0 Å². The van der Waals surface area contributed by atoms with Gasteiger partial charge in [0, 0.05) is 0 Å². The number of esters is 1. The van der Waals surface area contributed by atoms with E-state index in [1.165, 1.54) is 13.2 Å². The van der Waals surface area contributed by atoms with Crippen molar-refractivity contribution in [2.45, 2.75) is 13.0 Å². The third-order valence-corrected chi connectivity index (χ3v) is 1.67. The number of anilines is 1. The molecule has 0 spiro atoms. The van der Waals surface area contributed by atoms with Crippen LogP contribution in [-0.2, 0) is 4.74 Å². The molecule has 0 fully saturated rings. The lowest BCUT2D eigenvalue weighted by Crippen LogP contribution is -2.14. The van der Waals surface area contributed by atoms with Crippen molar-refractivity contribution in [1.29, 1.82) is 0 Å². The number of ether oxygens (including phenoxy) is 1. The maximum Gasteiger partial charge on any atom is 0.358 e. The smallest absolute Gasteiger partial charge is 0.358 e. The van der Waals surface area contributed by atoms with Gasteiger partial charge in [0.15, 0.2) is 5.69 Å². The van der Waals surface area contributed by atoms with E-state index in [2.05, 4.69) is 26.2 Å². The monoisotopic (exact) mass is 205 g/mol. The molecular weight excluding hydrogens is 194 g/mol. The number of nitrogens with zero attached hydrogens (tertiary/aromatic N) is 2. The fourth-order valence-corrected chi connectivity index (χ4v) is 0.886. The average Bonchev–Trinajstić information content (AvgIpc) is 2.29. The summed E-state index contributed by atoms with van der Waals surface area (Å²) in [5, 5.41) is 10.4. The highest BCUT2D eigenvalue weighted by molar-refractivity contribution is 5.86. The van der Waals surface area contributed by atoms with Crippen molar-refractivity contribution in [1.82, 2.24) is 10.2 Å². The molecule has 1 atom stereocenters. The second-order valence-corrected chi connectivity index (χ2v) is 2.83. The lowest BCUT2D eigenvalue weighted by atomic mass is 10.3. The highest BCUT2D eigenvalue weighted by atomic mass is 16.5. The van der Waals surface area contributed by atoms with Crippen molar-refractivity contribution in [2.24, 2.45) is 0 Å². The van der Waals surface area contributed by atoms with Crippen LogP contribution in [0.3, 0.4) is 0 Å². The van der Waals surface area contributed by atoms with Crippen LogP contribution < -0.4 is 5.32 Å². The molecule has 0 radical (unpaired) electrons. The molecule has 1 aromatic heterocycles. The highest BCUT2D eigenvalue weighted by Crippen LogP contribution is 2.04. The molecule has 5 heteroatoms. The topological polar surface area (TPSA) is 64.1 Å². The molecule has 0 aromatic carbocycles. The first-order chi connectivity index (χ1) is 7.17. The first kappa shape index (κ1) is 11.0. The molecule has 1 aromatic rings. The van der Waals surface area contributed by atoms with E-state index in [1.807, 2.05) is 6.92 Å². The fourth-order valence-electron chi connectivity index (χ4n) is 0.886. The summed E-state index contributed by atoms with van der Waals surface area (Å²) in [7, 11) is 1.29. The van der Waals surface area contributed by atoms with Crippen LogP contribution in [-0.4, -0.2) is 29.3 Å². The number of methoxy groups -OCH3 is 1. The van der Waals surface area contributed by atoms with Gasteiger partial charge in [-0.2, -0.15) is 0 Å². The summed E-state index contributed by atoms with van der Waals surface area (Å²) in [4.78, 5) is 11.0. The maximum absolute atomic E-state index is 11.0. The summed E-state index contributed by atoms with van der Waals surface area (Å²) in [5.74, 6) is 2.50. The Morgan fingerprint density at radius 3 is 2.80 bits per heavy atom. The van der Waals surface area contributed by atoms with Gasteiger partial charge in [0.1, 0.15) is 5.82 Å². The van der Waals surface area contributed by atoms with E-state index >= 15 is 0 Å². The first-order valence-electron chi connectivity index (χ1n) is 4.32. The van der Waals surface area contributed by atoms with Crippen LogP contribution in [0.2, 0.25) is 0 Å². The van der Waals surface area contributed by atoms with E-state index in [1.54, 1.807) is 6.07 Å². The second kappa shape index (κ2) is 4.96. The quantitative estimate of drug-likeness (QED) is 0.581. The zero-order valence-corrected chi connectivity index (χ0v) is 8.52. The van der Waals surface area contributed by atoms with E-state index in [9.17, 15) is 4.79 Å². The number of carbonyl (C=O) groups is 1. The molecule has 1 heterocycles. The predicted octanol–water partition coefficient (Wildman–Crippen LogP) is 0.697. The van der Waals surface area contributed by atoms with Gasteiger partial charge in [0.05, 0.1) is 13.2 Å². The third kappa shape index (κ3) is 2.95. The third-order valence-electron chi connectivity index (χ3n) is 1.67. The molecule has 0 bridgehead atoms. The van der Waals surface area contributed by atoms with Gasteiger partial charge < -0.3 is 10.1 Å². The van der Waals surface area contributed by atoms with Crippen LogP contribution in [0.25, 0.3) is 0 Å². The molecular formula is C10H11N3O2. The van der Waals surface area contributed by atoms with Crippen molar-refractivity contribution >= 4 is 11.8 Å². The van der Waals surface area contributed by atoms with Gasteiger partial charge in [-0.05, 0) is 19.1 Å². The normalized spacial score (nSPS) is 11.3. The van der Waals surface area contributed by atoms with E-state index < -0.39 is 5.97 Å². The molecule has 1 rings (SSSR count). The summed E-state index contributed by atoms with van der Waals surface area (Å²) in [6.07, 6.45) is 5.18. The Morgan fingerprint density at radius 2 is 2.33 bits per heavy atom. The standard InChI is InChI=1S/C10H11N3O2/c1-4-7(2)11-9-6-5-8(12-13-9)10(14)15-3/h1,5-7H,2-3H3,(H,11,13). The van der Waals surface area contributed by atoms with Crippen LogP contribution in [0.4, 0.5) is 5.82 Å². The molecule has 0 saturated heterocycles. The minimum absolute atomic E-state index is 0.136. The van der Waals surface area contributed by atoms with Gasteiger partial charge in [-0.1, -0.05) is 5.92 Å². The van der Waals surface area contributed by atoms with Gasteiger partial charge in [-0.15, -0.1) is 16.6 Å². The van der Waals surface area contributed by atoms with E-state index in [-0.39, 0.29) is 11.7 Å². The Bertz CT molecular complexity index is 381.